The first kappa shape index (κ1) is 22.5. The van der Waals surface area contributed by atoms with E-state index in [2.05, 4.69) is 27.1 Å². The largest absolute Gasteiger partial charge is 0.342 e. The van der Waals surface area contributed by atoms with E-state index in [1.807, 2.05) is 18.2 Å². The molecule has 7 nitrogen and oxygen atoms in total. The smallest absolute Gasteiger partial charge is 0.261 e. The van der Waals surface area contributed by atoms with Crippen LogP contribution in [0.5, 0.6) is 0 Å². The van der Waals surface area contributed by atoms with Gasteiger partial charge in [-0.15, -0.1) is 0 Å². The van der Waals surface area contributed by atoms with Crippen molar-refractivity contribution < 1.29 is 12.9 Å². The van der Waals surface area contributed by atoms with Crippen LogP contribution in [-0.2, 0) is 16.6 Å². The van der Waals surface area contributed by atoms with Crippen LogP contribution in [-0.4, -0.2) is 24.6 Å². The summed E-state index contributed by atoms with van der Waals surface area (Å²) in [5, 5.41) is 7.35. The Kier molecular flexibility index (Phi) is 7.22. The first-order valence-electron chi connectivity index (χ1n) is 11.2. The van der Waals surface area contributed by atoms with Gasteiger partial charge in [-0.25, -0.2) is 8.42 Å². The molecule has 3 aromatic rings. The summed E-state index contributed by atoms with van der Waals surface area (Å²) in [5.41, 5.74) is 2.20. The molecule has 1 aliphatic rings. The van der Waals surface area contributed by atoms with E-state index in [-0.39, 0.29) is 4.90 Å². The van der Waals surface area contributed by atoms with Gasteiger partial charge in [-0.1, -0.05) is 55.5 Å². The van der Waals surface area contributed by atoms with Gasteiger partial charge in [0.2, 0.25) is 12.2 Å². The summed E-state index contributed by atoms with van der Waals surface area (Å²) in [7, 11) is -3.72. The van der Waals surface area contributed by atoms with Crippen LogP contribution in [0, 0.1) is 5.92 Å². The van der Waals surface area contributed by atoms with Crippen molar-refractivity contribution in [1.29, 1.82) is 0 Å². The predicted octanol–water partition coefficient (Wildman–Crippen LogP) is 4.99. The zero-order valence-corrected chi connectivity index (χ0v) is 19.1. The summed E-state index contributed by atoms with van der Waals surface area (Å²) in [6, 6.07) is 14.3. The SMILES string of the molecule is CC(CC1CCCCC1)NCc1ccccc1NS(=O)(=O)c1ccc(-c2ncon2)cc1. The number of para-hydroxylation sites is 1. The van der Waals surface area contributed by atoms with E-state index in [1.54, 1.807) is 30.3 Å². The van der Waals surface area contributed by atoms with Crippen LogP contribution in [0.3, 0.4) is 0 Å². The van der Waals surface area contributed by atoms with E-state index in [4.69, 9.17) is 4.52 Å². The minimum atomic E-state index is -3.72. The zero-order valence-electron chi connectivity index (χ0n) is 18.3. The third kappa shape index (κ3) is 5.75. The second kappa shape index (κ2) is 10.3. The Morgan fingerprint density at radius 3 is 2.53 bits per heavy atom. The monoisotopic (exact) mass is 454 g/mol. The van der Waals surface area contributed by atoms with Gasteiger partial charge in [0.05, 0.1) is 10.6 Å². The normalized spacial score (nSPS) is 16.0. The Balaban J connectivity index is 1.40. The third-order valence-electron chi connectivity index (χ3n) is 6.10. The first-order valence-corrected chi connectivity index (χ1v) is 12.7. The fourth-order valence-corrected chi connectivity index (χ4v) is 5.45. The molecule has 170 valence electrons. The highest BCUT2D eigenvalue weighted by Crippen LogP contribution is 2.28. The van der Waals surface area contributed by atoms with E-state index in [0.29, 0.717) is 29.7 Å². The standard InChI is InChI=1S/C24H30N4O3S/c1-18(15-19-7-3-2-4-8-19)25-16-21-9-5-6-10-23(21)28-32(29,30)22-13-11-20(12-14-22)24-26-17-31-27-24/h5-6,9-14,17-19,25,28H,2-4,7-8,15-16H2,1H3. The van der Waals surface area contributed by atoms with E-state index in [0.717, 1.165) is 11.5 Å². The quantitative estimate of drug-likeness (QED) is 0.473. The summed E-state index contributed by atoms with van der Waals surface area (Å²) in [6.45, 7) is 2.83. The molecule has 0 saturated heterocycles. The molecule has 1 fully saturated rings. The van der Waals surface area contributed by atoms with Crippen molar-refractivity contribution in [3.05, 3.63) is 60.5 Å². The average molecular weight is 455 g/mol. The lowest BCUT2D eigenvalue weighted by atomic mass is 9.85. The molecule has 1 aromatic heterocycles. The van der Waals surface area contributed by atoms with Gasteiger partial charge >= 0.3 is 0 Å². The van der Waals surface area contributed by atoms with Gasteiger partial charge in [0.1, 0.15) is 0 Å². The molecule has 0 radical (unpaired) electrons. The molecule has 0 aliphatic heterocycles. The molecule has 1 heterocycles. The molecule has 0 amide bonds. The van der Waals surface area contributed by atoms with E-state index in [1.165, 1.54) is 44.9 Å². The molecule has 1 unspecified atom stereocenters. The Morgan fingerprint density at radius 2 is 1.81 bits per heavy atom. The van der Waals surface area contributed by atoms with Crippen molar-refractivity contribution in [1.82, 2.24) is 15.5 Å². The summed E-state index contributed by atoms with van der Waals surface area (Å²) < 4.78 is 33.4. The molecule has 4 rings (SSSR count). The number of anilines is 1. The molecule has 2 aromatic carbocycles. The topological polar surface area (TPSA) is 97.1 Å². The number of aromatic nitrogens is 2. The molecule has 1 aliphatic carbocycles. The zero-order chi connectivity index (χ0) is 22.4. The fraction of sp³-hybridized carbons (Fsp3) is 0.417. The van der Waals surface area contributed by atoms with Crippen molar-refractivity contribution in [2.75, 3.05) is 4.72 Å². The third-order valence-corrected chi connectivity index (χ3v) is 7.48. The molecule has 0 spiro atoms. The van der Waals surface area contributed by atoms with E-state index < -0.39 is 10.0 Å². The first-order chi connectivity index (χ1) is 15.5. The Bertz CT molecular complexity index is 1090. The number of sulfonamides is 1. The minimum absolute atomic E-state index is 0.179. The maximum atomic E-state index is 13.0. The van der Waals surface area contributed by atoms with Gasteiger partial charge in [0.15, 0.2) is 0 Å². The van der Waals surface area contributed by atoms with E-state index in [9.17, 15) is 8.42 Å². The second-order valence-corrected chi connectivity index (χ2v) is 10.2. The Labute approximate surface area is 189 Å². The van der Waals surface area contributed by atoms with Crippen molar-refractivity contribution in [3.8, 4) is 11.4 Å². The maximum Gasteiger partial charge on any atom is 0.261 e. The van der Waals surface area contributed by atoms with Crippen LogP contribution in [0.4, 0.5) is 5.69 Å². The lowest BCUT2D eigenvalue weighted by molar-refractivity contribution is 0.305. The number of hydrogen-bond donors (Lipinski definition) is 2. The molecule has 1 atom stereocenters. The molecule has 1 saturated carbocycles. The van der Waals surface area contributed by atoms with Crippen molar-refractivity contribution in [3.63, 3.8) is 0 Å². The summed E-state index contributed by atoms with van der Waals surface area (Å²) in [5.74, 6) is 1.22. The number of rotatable bonds is 9. The number of benzene rings is 2. The van der Waals surface area contributed by atoms with Crippen LogP contribution in [0.2, 0.25) is 0 Å². The Morgan fingerprint density at radius 1 is 1.06 bits per heavy atom. The van der Waals surface area contributed by atoms with Gasteiger partial charge < -0.3 is 9.84 Å². The minimum Gasteiger partial charge on any atom is -0.342 e. The number of nitrogens with one attached hydrogen (secondary N) is 2. The molecular formula is C24H30N4O3S. The van der Waals surface area contributed by atoms with Crippen LogP contribution < -0.4 is 10.0 Å². The molecular weight excluding hydrogens is 424 g/mol. The van der Waals surface area contributed by atoms with Gasteiger partial charge in [-0.3, -0.25) is 4.72 Å². The van der Waals surface area contributed by atoms with E-state index >= 15 is 0 Å². The fourth-order valence-electron chi connectivity index (χ4n) is 4.35. The molecule has 2 N–H and O–H groups in total. The summed E-state index contributed by atoms with van der Waals surface area (Å²) in [4.78, 5) is 4.16. The van der Waals surface area contributed by atoms with Gasteiger partial charge in [0, 0.05) is 18.2 Å². The highest BCUT2D eigenvalue weighted by atomic mass is 32.2. The highest BCUT2D eigenvalue weighted by molar-refractivity contribution is 7.92. The Hall–Kier alpha value is -2.71. The summed E-state index contributed by atoms with van der Waals surface area (Å²) in [6.07, 6.45) is 9.12. The number of nitrogens with zero attached hydrogens (tertiary/aromatic N) is 2. The lowest BCUT2D eigenvalue weighted by Crippen LogP contribution is -2.29. The van der Waals surface area contributed by atoms with Crippen molar-refractivity contribution >= 4 is 15.7 Å². The second-order valence-electron chi connectivity index (χ2n) is 8.56. The van der Waals surface area contributed by atoms with Crippen LogP contribution in [0.25, 0.3) is 11.4 Å². The van der Waals surface area contributed by atoms with Crippen LogP contribution >= 0.6 is 0 Å². The van der Waals surface area contributed by atoms with Gasteiger partial charge in [-0.2, -0.15) is 4.98 Å². The van der Waals surface area contributed by atoms with Crippen LogP contribution in [0.1, 0.15) is 51.0 Å². The van der Waals surface area contributed by atoms with Crippen molar-refractivity contribution in [2.24, 2.45) is 5.92 Å². The van der Waals surface area contributed by atoms with Crippen molar-refractivity contribution in [2.45, 2.75) is 62.9 Å². The highest BCUT2D eigenvalue weighted by Gasteiger charge is 2.18. The lowest BCUT2D eigenvalue weighted by Gasteiger charge is -2.25. The summed E-state index contributed by atoms with van der Waals surface area (Å²) >= 11 is 0. The molecule has 8 heteroatoms. The van der Waals surface area contributed by atoms with Gasteiger partial charge in [0.25, 0.3) is 10.0 Å². The predicted molar refractivity (Wildman–Crippen MR) is 124 cm³/mol. The average Bonchev–Trinajstić information content (AvgIpc) is 3.34. The maximum absolute atomic E-state index is 13.0. The number of hydrogen-bond acceptors (Lipinski definition) is 6. The van der Waals surface area contributed by atoms with Gasteiger partial charge in [-0.05, 0) is 55.2 Å². The molecule has 32 heavy (non-hydrogen) atoms. The van der Waals surface area contributed by atoms with Crippen LogP contribution in [0.15, 0.2) is 64.3 Å². The molecule has 0 bridgehead atoms.